The first-order valence-electron chi connectivity index (χ1n) is 7.81. The Kier molecular flexibility index (Phi) is 4.06. The number of carbonyl (C=O) groups excluding carboxylic acids is 1. The summed E-state index contributed by atoms with van der Waals surface area (Å²) in [6.07, 6.45) is 5.80. The van der Waals surface area contributed by atoms with Crippen molar-refractivity contribution in [3.63, 3.8) is 0 Å². The number of nitrogens with one attached hydrogen (secondary N) is 1. The largest absolute Gasteiger partial charge is 0.326 e. The zero-order chi connectivity index (χ0) is 13.9. The van der Waals surface area contributed by atoms with Crippen molar-refractivity contribution in [1.29, 1.82) is 0 Å². The van der Waals surface area contributed by atoms with E-state index < -0.39 is 0 Å². The van der Waals surface area contributed by atoms with Crippen LogP contribution in [0, 0.1) is 12.8 Å². The maximum atomic E-state index is 12.1. The summed E-state index contributed by atoms with van der Waals surface area (Å²) in [6.45, 7) is 4.43. The Morgan fingerprint density at radius 3 is 2.40 bits per heavy atom. The average Bonchev–Trinajstić information content (AvgIpc) is 3.27. The molecule has 1 saturated carbocycles. The molecule has 0 aromatic heterocycles. The van der Waals surface area contributed by atoms with Crippen LogP contribution in [0.5, 0.6) is 0 Å². The van der Waals surface area contributed by atoms with Gasteiger partial charge in [0.25, 0.3) is 0 Å². The van der Waals surface area contributed by atoms with Gasteiger partial charge in [0.05, 0.1) is 0 Å². The van der Waals surface area contributed by atoms with E-state index in [-0.39, 0.29) is 5.91 Å². The number of piperidine rings is 1. The molecule has 3 rings (SSSR count). The van der Waals surface area contributed by atoms with E-state index in [4.69, 9.17) is 0 Å². The number of aryl methyl sites for hydroxylation is 1. The molecule has 2 aliphatic rings. The Morgan fingerprint density at radius 1 is 1.15 bits per heavy atom. The molecule has 1 N–H and O–H groups in total. The summed E-state index contributed by atoms with van der Waals surface area (Å²) >= 11 is 0. The standard InChI is InChI=1S/C17H24N2O/c1-13-2-4-15(5-3-13)18-17(20)12-14-8-10-19(11-9-14)16-6-7-16/h2-5,14,16H,6-12H2,1H3,(H,18,20). The van der Waals surface area contributed by atoms with Gasteiger partial charge >= 0.3 is 0 Å². The van der Waals surface area contributed by atoms with E-state index in [1.165, 1.54) is 44.3 Å². The van der Waals surface area contributed by atoms with Gasteiger partial charge in [0, 0.05) is 18.2 Å². The van der Waals surface area contributed by atoms with Crippen molar-refractivity contribution in [2.24, 2.45) is 5.92 Å². The fraction of sp³-hybridized carbons (Fsp3) is 0.588. The van der Waals surface area contributed by atoms with Crippen LogP contribution in [0.15, 0.2) is 24.3 Å². The first-order valence-corrected chi connectivity index (χ1v) is 7.81. The van der Waals surface area contributed by atoms with Gasteiger partial charge in [-0.1, -0.05) is 17.7 Å². The van der Waals surface area contributed by atoms with Crippen molar-refractivity contribution < 1.29 is 4.79 Å². The van der Waals surface area contributed by atoms with Gasteiger partial charge in [0.2, 0.25) is 5.91 Å². The molecular weight excluding hydrogens is 248 g/mol. The minimum atomic E-state index is 0.165. The Balaban J connectivity index is 1.43. The molecule has 0 radical (unpaired) electrons. The Hall–Kier alpha value is -1.35. The molecule has 108 valence electrons. The molecular formula is C17H24N2O. The van der Waals surface area contributed by atoms with Crippen LogP contribution in [-0.4, -0.2) is 29.9 Å². The average molecular weight is 272 g/mol. The number of likely N-dealkylation sites (tertiary alicyclic amines) is 1. The third-order valence-corrected chi connectivity index (χ3v) is 4.52. The molecule has 0 spiro atoms. The molecule has 0 bridgehead atoms. The number of hydrogen-bond acceptors (Lipinski definition) is 2. The molecule has 1 aromatic rings. The minimum absolute atomic E-state index is 0.165. The molecule has 1 aliphatic carbocycles. The predicted octanol–water partition coefficient (Wildman–Crippen LogP) is 3.20. The highest BCUT2D eigenvalue weighted by atomic mass is 16.1. The Bertz CT molecular complexity index is 456. The zero-order valence-corrected chi connectivity index (χ0v) is 12.3. The molecule has 2 fully saturated rings. The van der Waals surface area contributed by atoms with E-state index in [1.54, 1.807) is 0 Å². The molecule has 3 nitrogen and oxygen atoms in total. The number of benzene rings is 1. The summed E-state index contributed by atoms with van der Waals surface area (Å²) in [6, 6.07) is 8.89. The van der Waals surface area contributed by atoms with Crippen LogP contribution >= 0.6 is 0 Å². The number of anilines is 1. The lowest BCUT2D eigenvalue weighted by Crippen LogP contribution is -2.36. The highest BCUT2D eigenvalue weighted by molar-refractivity contribution is 5.90. The summed E-state index contributed by atoms with van der Waals surface area (Å²) in [5, 5.41) is 3.01. The maximum absolute atomic E-state index is 12.1. The van der Waals surface area contributed by atoms with Crippen molar-refractivity contribution in [1.82, 2.24) is 4.90 Å². The SMILES string of the molecule is Cc1ccc(NC(=O)CC2CCN(C3CC3)CC2)cc1. The quantitative estimate of drug-likeness (QED) is 0.913. The van der Waals surface area contributed by atoms with Gasteiger partial charge in [-0.2, -0.15) is 0 Å². The molecule has 3 heteroatoms. The first kappa shape index (κ1) is 13.6. The highest BCUT2D eigenvalue weighted by Gasteiger charge is 2.32. The lowest BCUT2D eigenvalue weighted by Gasteiger charge is -2.31. The van der Waals surface area contributed by atoms with Crippen molar-refractivity contribution >= 4 is 11.6 Å². The van der Waals surface area contributed by atoms with E-state index in [1.807, 2.05) is 24.3 Å². The van der Waals surface area contributed by atoms with Crippen LogP contribution in [0.25, 0.3) is 0 Å². The van der Waals surface area contributed by atoms with E-state index >= 15 is 0 Å². The second kappa shape index (κ2) is 5.96. The summed E-state index contributed by atoms with van der Waals surface area (Å²) in [5.74, 6) is 0.731. The third kappa shape index (κ3) is 3.60. The van der Waals surface area contributed by atoms with Gasteiger partial charge < -0.3 is 10.2 Å². The second-order valence-corrected chi connectivity index (χ2v) is 6.33. The lowest BCUT2D eigenvalue weighted by atomic mass is 9.93. The van der Waals surface area contributed by atoms with Crippen molar-refractivity contribution in [2.75, 3.05) is 18.4 Å². The van der Waals surface area contributed by atoms with Crippen LogP contribution in [0.1, 0.15) is 37.7 Å². The van der Waals surface area contributed by atoms with Gasteiger partial charge in [-0.25, -0.2) is 0 Å². The number of rotatable bonds is 4. The summed E-state index contributed by atoms with van der Waals surface area (Å²) in [4.78, 5) is 14.7. The van der Waals surface area contributed by atoms with Crippen LogP contribution in [0.3, 0.4) is 0 Å². The van der Waals surface area contributed by atoms with Crippen LogP contribution in [0.2, 0.25) is 0 Å². The van der Waals surface area contributed by atoms with E-state index in [9.17, 15) is 4.79 Å². The molecule has 1 aromatic carbocycles. The molecule has 0 atom stereocenters. The minimum Gasteiger partial charge on any atom is -0.326 e. The fourth-order valence-corrected chi connectivity index (χ4v) is 3.07. The second-order valence-electron chi connectivity index (χ2n) is 6.33. The number of amides is 1. The van der Waals surface area contributed by atoms with Gasteiger partial charge in [-0.15, -0.1) is 0 Å². The van der Waals surface area contributed by atoms with E-state index in [0.717, 1.165) is 11.7 Å². The topological polar surface area (TPSA) is 32.3 Å². The predicted molar refractivity (Wildman–Crippen MR) is 81.7 cm³/mol. The zero-order valence-electron chi connectivity index (χ0n) is 12.3. The molecule has 1 heterocycles. The first-order chi connectivity index (χ1) is 9.70. The molecule has 0 unspecified atom stereocenters. The monoisotopic (exact) mass is 272 g/mol. The molecule has 1 saturated heterocycles. The molecule has 1 aliphatic heterocycles. The van der Waals surface area contributed by atoms with Crippen LogP contribution < -0.4 is 5.32 Å². The summed E-state index contributed by atoms with van der Waals surface area (Å²) in [5.41, 5.74) is 2.13. The third-order valence-electron chi connectivity index (χ3n) is 4.52. The van der Waals surface area contributed by atoms with Crippen LogP contribution in [-0.2, 0) is 4.79 Å². The lowest BCUT2D eigenvalue weighted by molar-refractivity contribution is -0.117. The Morgan fingerprint density at radius 2 is 1.80 bits per heavy atom. The number of hydrogen-bond donors (Lipinski definition) is 1. The number of nitrogens with zero attached hydrogens (tertiary/aromatic N) is 1. The van der Waals surface area contributed by atoms with Gasteiger partial charge in [0.15, 0.2) is 0 Å². The van der Waals surface area contributed by atoms with Gasteiger partial charge in [-0.05, 0) is 63.7 Å². The van der Waals surface area contributed by atoms with E-state index in [2.05, 4.69) is 17.1 Å². The highest BCUT2D eigenvalue weighted by Crippen LogP contribution is 2.31. The molecule has 20 heavy (non-hydrogen) atoms. The smallest absolute Gasteiger partial charge is 0.224 e. The summed E-state index contributed by atoms with van der Waals surface area (Å²) in [7, 11) is 0. The van der Waals surface area contributed by atoms with Crippen molar-refractivity contribution in [2.45, 2.75) is 45.1 Å². The summed E-state index contributed by atoms with van der Waals surface area (Å²) < 4.78 is 0. The van der Waals surface area contributed by atoms with E-state index in [0.29, 0.717) is 12.3 Å². The van der Waals surface area contributed by atoms with Gasteiger partial charge in [-0.3, -0.25) is 4.79 Å². The van der Waals surface area contributed by atoms with Crippen molar-refractivity contribution in [3.05, 3.63) is 29.8 Å². The molecule has 1 amide bonds. The number of carbonyl (C=O) groups is 1. The Labute approximate surface area is 121 Å². The fourth-order valence-electron chi connectivity index (χ4n) is 3.07. The van der Waals surface area contributed by atoms with Crippen LogP contribution in [0.4, 0.5) is 5.69 Å². The van der Waals surface area contributed by atoms with Crippen molar-refractivity contribution in [3.8, 4) is 0 Å². The van der Waals surface area contributed by atoms with Gasteiger partial charge in [0.1, 0.15) is 0 Å². The normalized spacial score (nSPS) is 20.9. The maximum Gasteiger partial charge on any atom is 0.224 e.